The van der Waals surface area contributed by atoms with Crippen LogP contribution in [-0.4, -0.2) is 17.6 Å². The molecule has 0 spiro atoms. The molecule has 1 aromatic carbocycles. The van der Waals surface area contributed by atoms with Gasteiger partial charge in [0.15, 0.2) is 5.60 Å². The van der Waals surface area contributed by atoms with Crippen LogP contribution >= 0.6 is 11.3 Å². The van der Waals surface area contributed by atoms with Gasteiger partial charge in [-0.1, -0.05) is 6.07 Å². The van der Waals surface area contributed by atoms with Gasteiger partial charge in [-0.25, -0.2) is 0 Å². The van der Waals surface area contributed by atoms with Crippen LogP contribution in [0.2, 0.25) is 0 Å². The van der Waals surface area contributed by atoms with E-state index in [4.69, 9.17) is 4.42 Å². The highest BCUT2D eigenvalue weighted by atomic mass is 32.1. The number of aliphatic hydroxyl groups is 1. The number of nitrogens with one attached hydrogen (secondary N) is 1. The summed E-state index contributed by atoms with van der Waals surface area (Å²) in [6, 6.07) is 8.95. The number of hydrogen-bond donors (Lipinski definition) is 2. The van der Waals surface area contributed by atoms with Gasteiger partial charge in [-0.15, -0.1) is 0 Å². The van der Waals surface area contributed by atoms with Gasteiger partial charge in [0.1, 0.15) is 5.76 Å². The molecule has 26 heavy (non-hydrogen) atoms. The van der Waals surface area contributed by atoms with Crippen molar-refractivity contribution in [1.82, 2.24) is 5.32 Å². The quantitative estimate of drug-likeness (QED) is 0.702. The summed E-state index contributed by atoms with van der Waals surface area (Å²) in [5.41, 5.74) is -2.17. The number of benzene rings is 1. The number of carbonyl (C=O) groups is 1. The van der Waals surface area contributed by atoms with Gasteiger partial charge < -0.3 is 14.8 Å². The van der Waals surface area contributed by atoms with Crippen LogP contribution in [0, 0.1) is 0 Å². The Bertz CT molecular complexity index is 839. The van der Waals surface area contributed by atoms with E-state index in [1.165, 1.54) is 23.7 Å². The van der Waals surface area contributed by atoms with Gasteiger partial charge in [-0.2, -0.15) is 24.5 Å². The molecule has 0 radical (unpaired) electrons. The zero-order valence-electron chi connectivity index (χ0n) is 13.3. The predicted molar refractivity (Wildman–Crippen MR) is 89.8 cm³/mol. The smallest absolute Gasteiger partial charge is 0.416 e. The molecule has 2 aromatic heterocycles. The van der Waals surface area contributed by atoms with Crippen LogP contribution in [0.15, 0.2) is 63.9 Å². The van der Waals surface area contributed by atoms with Crippen molar-refractivity contribution in [2.75, 3.05) is 6.54 Å². The molecule has 0 aliphatic heterocycles. The lowest BCUT2D eigenvalue weighted by molar-refractivity contribution is -0.137. The molecule has 0 bridgehead atoms. The molecule has 8 heteroatoms. The largest absolute Gasteiger partial charge is 0.466 e. The predicted octanol–water partition coefficient (Wildman–Crippen LogP) is 4.03. The van der Waals surface area contributed by atoms with Crippen LogP contribution in [-0.2, 0) is 11.8 Å². The molecule has 1 unspecified atom stereocenters. The molecule has 3 rings (SSSR count). The van der Waals surface area contributed by atoms with Gasteiger partial charge >= 0.3 is 6.18 Å². The Morgan fingerprint density at radius 3 is 2.58 bits per heavy atom. The fourth-order valence-corrected chi connectivity index (χ4v) is 3.22. The molecular formula is C18H14F3NO3S. The van der Waals surface area contributed by atoms with E-state index in [9.17, 15) is 23.1 Å². The van der Waals surface area contributed by atoms with E-state index in [0.717, 1.165) is 18.2 Å². The Morgan fingerprint density at radius 2 is 1.96 bits per heavy atom. The fraction of sp³-hybridized carbons (Fsp3) is 0.167. The molecule has 3 aromatic rings. The van der Waals surface area contributed by atoms with Crippen molar-refractivity contribution in [3.8, 4) is 0 Å². The zero-order chi connectivity index (χ0) is 18.8. The number of rotatable bonds is 5. The molecule has 0 saturated heterocycles. The van der Waals surface area contributed by atoms with E-state index in [0.29, 0.717) is 5.56 Å². The maximum atomic E-state index is 12.8. The third kappa shape index (κ3) is 3.66. The van der Waals surface area contributed by atoms with Crippen LogP contribution in [0.5, 0.6) is 0 Å². The van der Waals surface area contributed by atoms with E-state index in [1.54, 1.807) is 29.0 Å². The van der Waals surface area contributed by atoms with E-state index in [-0.39, 0.29) is 17.9 Å². The lowest BCUT2D eigenvalue weighted by Crippen LogP contribution is -2.41. The lowest BCUT2D eigenvalue weighted by atomic mass is 9.93. The first-order valence-electron chi connectivity index (χ1n) is 7.55. The van der Waals surface area contributed by atoms with Crippen molar-refractivity contribution < 1.29 is 27.5 Å². The van der Waals surface area contributed by atoms with Crippen LogP contribution in [0.1, 0.15) is 27.2 Å². The minimum absolute atomic E-state index is 0.146. The summed E-state index contributed by atoms with van der Waals surface area (Å²) < 4.78 is 43.7. The molecule has 2 heterocycles. The van der Waals surface area contributed by atoms with Crippen molar-refractivity contribution in [2.45, 2.75) is 11.8 Å². The number of carbonyl (C=O) groups excluding carboxylic acids is 1. The summed E-state index contributed by atoms with van der Waals surface area (Å²) in [6.07, 6.45) is -3.15. The maximum absolute atomic E-state index is 12.8. The summed E-state index contributed by atoms with van der Waals surface area (Å²) in [5.74, 6) is -0.503. The van der Waals surface area contributed by atoms with Crippen molar-refractivity contribution >= 4 is 17.2 Å². The van der Waals surface area contributed by atoms with E-state index in [2.05, 4.69) is 5.32 Å². The van der Waals surface area contributed by atoms with Gasteiger partial charge in [-0.3, -0.25) is 4.79 Å². The number of alkyl halides is 3. The van der Waals surface area contributed by atoms with Gasteiger partial charge in [0.25, 0.3) is 5.91 Å². The Hall–Kier alpha value is -2.58. The first kappa shape index (κ1) is 18.2. The number of thiophene rings is 1. The molecule has 0 aliphatic rings. The van der Waals surface area contributed by atoms with E-state index < -0.39 is 23.2 Å². The summed E-state index contributed by atoms with van der Waals surface area (Å²) in [6.45, 7) is -0.258. The number of halogens is 3. The van der Waals surface area contributed by atoms with E-state index in [1.807, 2.05) is 0 Å². The highest BCUT2D eigenvalue weighted by Crippen LogP contribution is 2.32. The van der Waals surface area contributed by atoms with E-state index >= 15 is 0 Å². The van der Waals surface area contributed by atoms with Crippen molar-refractivity contribution in [3.05, 3.63) is 81.9 Å². The molecule has 2 N–H and O–H groups in total. The van der Waals surface area contributed by atoms with Crippen molar-refractivity contribution in [1.29, 1.82) is 0 Å². The van der Waals surface area contributed by atoms with Crippen LogP contribution < -0.4 is 5.32 Å². The Morgan fingerprint density at radius 1 is 1.15 bits per heavy atom. The van der Waals surface area contributed by atoms with Gasteiger partial charge in [0.2, 0.25) is 0 Å². The molecule has 1 atom stereocenters. The number of hydrogen-bond acceptors (Lipinski definition) is 4. The first-order chi connectivity index (χ1) is 12.3. The second kappa shape index (κ2) is 6.97. The monoisotopic (exact) mass is 381 g/mol. The normalized spacial score (nSPS) is 14.0. The van der Waals surface area contributed by atoms with Gasteiger partial charge in [0.05, 0.1) is 18.4 Å². The summed E-state index contributed by atoms with van der Waals surface area (Å²) in [4.78, 5) is 12.3. The number of amides is 1. The molecule has 0 saturated carbocycles. The van der Waals surface area contributed by atoms with Crippen molar-refractivity contribution in [2.24, 2.45) is 0 Å². The molecule has 0 fully saturated rings. The standard InChI is InChI=1S/C18H14F3NO3S/c19-18(20,21)13-4-1-3-12(9-13)16(23)22-11-17(24,14-6-8-26-10-14)15-5-2-7-25-15/h1-10,24H,11H2,(H,22,23). The molecule has 4 nitrogen and oxygen atoms in total. The average molecular weight is 381 g/mol. The summed E-state index contributed by atoms with van der Waals surface area (Å²) >= 11 is 1.36. The van der Waals surface area contributed by atoms with Crippen LogP contribution in [0.3, 0.4) is 0 Å². The second-order valence-corrected chi connectivity index (χ2v) is 6.39. The second-order valence-electron chi connectivity index (χ2n) is 5.61. The Labute approximate surface area is 150 Å². The molecule has 136 valence electrons. The minimum atomic E-state index is -4.54. The SMILES string of the molecule is O=C(NCC(O)(c1ccsc1)c1ccco1)c1cccc(C(F)(F)F)c1. The highest BCUT2D eigenvalue weighted by Gasteiger charge is 2.36. The Kier molecular flexibility index (Phi) is 4.88. The topological polar surface area (TPSA) is 62.5 Å². The summed E-state index contributed by atoms with van der Waals surface area (Å²) in [7, 11) is 0. The first-order valence-corrected chi connectivity index (χ1v) is 8.49. The van der Waals surface area contributed by atoms with Crippen LogP contribution in [0.4, 0.5) is 13.2 Å². The highest BCUT2D eigenvalue weighted by molar-refractivity contribution is 7.08. The molecular weight excluding hydrogens is 367 g/mol. The molecule has 0 aliphatic carbocycles. The lowest BCUT2D eigenvalue weighted by Gasteiger charge is -2.25. The minimum Gasteiger partial charge on any atom is -0.466 e. The maximum Gasteiger partial charge on any atom is 0.416 e. The third-order valence-electron chi connectivity index (χ3n) is 3.88. The third-order valence-corrected chi connectivity index (χ3v) is 4.57. The molecule has 1 amide bonds. The van der Waals surface area contributed by atoms with Gasteiger partial charge in [-0.05, 0) is 47.2 Å². The zero-order valence-corrected chi connectivity index (χ0v) is 14.1. The van der Waals surface area contributed by atoms with Crippen LogP contribution in [0.25, 0.3) is 0 Å². The average Bonchev–Trinajstić information content (AvgIpc) is 3.32. The Balaban J connectivity index is 1.81. The summed E-state index contributed by atoms with van der Waals surface area (Å²) in [5, 5.41) is 17.0. The number of furan rings is 1. The fourth-order valence-electron chi connectivity index (χ4n) is 2.49. The van der Waals surface area contributed by atoms with Gasteiger partial charge in [0, 0.05) is 11.1 Å². The van der Waals surface area contributed by atoms with Crippen molar-refractivity contribution in [3.63, 3.8) is 0 Å².